The Morgan fingerprint density at radius 2 is 1.96 bits per heavy atom. The molecule has 0 amide bonds. The van der Waals surface area contributed by atoms with E-state index in [9.17, 15) is 13.2 Å². The van der Waals surface area contributed by atoms with E-state index in [0.717, 1.165) is 30.0 Å². The zero-order valence-electron chi connectivity index (χ0n) is 12.7. The molecule has 128 valence electrons. The van der Waals surface area contributed by atoms with E-state index < -0.39 is 12.7 Å². The van der Waals surface area contributed by atoms with Crippen molar-refractivity contribution in [2.75, 3.05) is 25.4 Å². The van der Waals surface area contributed by atoms with Crippen LogP contribution >= 0.6 is 23.4 Å². The molecule has 2 aliphatic heterocycles. The maximum Gasteiger partial charge on any atom is 0.401 e. The number of hydrogen-bond donors (Lipinski definition) is 1. The van der Waals surface area contributed by atoms with Crippen LogP contribution in [0.5, 0.6) is 0 Å². The van der Waals surface area contributed by atoms with Gasteiger partial charge in [0.2, 0.25) is 0 Å². The van der Waals surface area contributed by atoms with Gasteiger partial charge < -0.3 is 5.32 Å². The average Bonchev–Trinajstić information content (AvgIpc) is 2.48. The molecule has 0 aliphatic carbocycles. The van der Waals surface area contributed by atoms with Crippen molar-refractivity contribution in [2.45, 2.75) is 42.4 Å². The molecule has 0 radical (unpaired) electrons. The Kier molecular flexibility index (Phi) is 5.46. The molecule has 1 atom stereocenters. The number of rotatable bonds is 3. The van der Waals surface area contributed by atoms with Gasteiger partial charge in [0.1, 0.15) is 0 Å². The van der Waals surface area contributed by atoms with Crippen LogP contribution in [-0.2, 0) is 0 Å². The third-order valence-corrected chi connectivity index (χ3v) is 5.80. The van der Waals surface area contributed by atoms with Crippen LogP contribution in [0.2, 0.25) is 5.02 Å². The number of piperidine rings is 1. The van der Waals surface area contributed by atoms with Crippen molar-refractivity contribution < 1.29 is 13.2 Å². The number of alkyl halides is 3. The lowest BCUT2D eigenvalue weighted by Crippen LogP contribution is -2.46. The first-order chi connectivity index (χ1) is 10.9. The van der Waals surface area contributed by atoms with E-state index in [1.807, 2.05) is 23.9 Å². The number of likely N-dealkylation sites (tertiary alicyclic amines) is 1. The summed E-state index contributed by atoms with van der Waals surface area (Å²) in [5.41, 5.74) is 1.23. The molecule has 3 rings (SSSR count). The molecule has 1 N–H and O–H groups in total. The van der Waals surface area contributed by atoms with Gasteiger partial charge in [-0.15, -0.1) is 11.8 Å². The molecule has 1 aromatic carbocycles. The Morgan fingerprint density at radius 3 is 2.65 bits per heavy atom. The van der Waals surface area contributed by atoms with Crippen molar-refractivity contribution in [2.24, 2.45) is 0 Å². The maximum atomic E-state index is 12.4. The predicted octanol–water partition coefficient (Wildman–Crippen LogP) is 4.49. The summed E-state index contributed by atoms with van der Waals surface area (Å²) >= 11 is 7.95. The molecule has 0 spiro atoms. The largest absolute Gasteiger partial charge is 0.401 e. The SMILES string of the molecule is FC(F)(F)CN1CCC(NC2CCSc3ccc(Cl)cc32)CC1. The average molecular weight is 365 g/mol. The monoisotopic (exact) mass is 364 g/mol. The lowest BCUT2D eigenvalue weighted by Gasteiger charge is -2.36. The maximum absolute atomic E-state index is 12.4. The molecule has 7 heteroatoms. The smallest absolute Gasteiger partial charge is 0.307 e. The lowest BCUT2D eigenvalue weighted by atomic mass is 9.99. The van der Waals surface area contributed by atoms with Crippen molar-refractivity contribution in [1.82, 2.24) is 10.2 Å². The van der Waals surface area contributed by atoms with Gasteiger partial charge in [-0.1, -0.05) is 11.6 Å². The second kappa shape index (κ2) is 7.21. The molecule has 23 heavy (non-hydrogen) atoms. The van der Waals surface area contributed by atoms with E-state index in [2.05, 4.69) is 11.4 Å². The first kappa shape index (κ1) is 17.4. The first-order valence-corrected chi connectivity index (χ1v) is 9.24. The Morgan fingerprint density at radius 1 is 1.22 bits per heavy atom. The summed E-state index contributed by atoms with van der Waals surface area (Å²) in [6, 6.07) is 6.51. The lowest BCUT2D eigenvalue weighted by molar-refractivity contribution is -0.148. The van der Waals surface area contributed by atoms with Crippen LogP contribution in [0, 0.1) is 0 Å². The van der Waals surface area contributed by atoms with Gasteiger partial charge in [-0.2, -0.15) is 13.2 Å². The summed E-state index contributed by atoms with van der Waals surface area (Å²) in [5, 5.41) is 4.38. The highest BCUT2D eigenvalue weighted by molar-refractivity contribution is 7.99. The van der Waals surface area contributed by atoms with Crippen LogP contribution in [0.3, 0.4) is 0 Å². The van der Waals surface area contributed by atoms with Crippen LogP contribution in [-0.4, -0.2) is 42.5 Å². The van der Waals surface area contributed by atoms with Crippen molar-refractivity contribution >= 4 is 23.4 Å². The van der Waals surface area contributed by atoms with Gasteiger partial charge >= 0.3 is 6.18 Å². The third kappa shape index (κ3) is 4.78. The molecule has 0 aromatic heterocycles. The van der Waals surface area contributed by atoms with E-state index in [0.29, 0.717) is 13.1 Å². The Labute approximate surface area is 143 Å². The van der Waals surface area contributed by atoms with E-state index in [4.69, 9.17) is 11.6 Å². The van der Waals surface area contributed by atoms with Crippen LogP contribution in [0.4, 0.5) is 13.2 Å². The Hall–Kier alpha value is -0.430. The number of nitrogens with zero attached hydrogens (tertiary/aromatic N) is 1. The minimum Gasteiger partial charge on any atom is -0.307 e. The molecule has 1 unspecified atom stereocenters. The normalized spacial score (nSPS) is 23.7. The standard InChI is InChI=1S/C16H20ClF3N2S/c17-11-1-2-15-13(9-11)14(5-8-23-15)21-12-3-6-22(7-4-12)10-16(18,19)20/h1-2,9,12,14,21H,3-8,10H2. The van der Waals surface area contributed by atoms with E-state index in [-0.39, 0.29) is 12.1 Å². The van der Waals surface area contributed by atoms with Gasteiger partial charge in [0.15, 0.2) is 0 Å². The molecule has 2 aliphatic rings. The molecule has 0 bridgehead atoms. The van der Waals surface area contributed by atoms with Gasteiger partial charge in [0, 0.05) is 22.0 Å². The molecule has 2 nitrogen and oxygen atoms in total. The summed E-state index contributed by atoms with van der Waals surface area (Å²) in [6.07, 6.45) is -1.55. The van der Waals surface area contributed by atoms with Crippen molar-refractivity contribution in [3.63, 3.8) is 0 Å². The second-order valence-corrected chi connectivity index (χ2v) is 7.78. The molecule has 2 heterocycles. The predicted molar refractivity (Wildman–Crippen MR) is 88.2 cm³/mol. The van der Waals surface area contributed by atoms with Gasteiger partial charge in [0.05, 0.1) is 6.54 Å². The van der Waals surface area contributed by atoms with E-state index in [1.165, 1.54) is 15.4 Å². The summed E-state index contributed by atoms with van der Waals surface area (Å²) in [6.45, 7) is 0.209. The zero-order valence-corrected chi connectivity index (χ0v) is 14.3. The highest BCUT2D eigenvalue weighted by atomic mass is 35.5. The highest BCUT2D eigenvalue weighted by Crippen LogP contribution is 2.38. The Balaban J connectivity index is 1.57. The summed E-state index contributed by atoms with van der Waals surface area (Å²) in [4.78, 5) is 2.76. The van der Waals surface area contributed by atoms with Gasteiger partial charge in [-0.05, 0) is 61.9 Å². The fourth-order valence-electron chi connectivity index (χ4n) is 3.33. The minimum absolute atomic E-state index is 0.254. The quantitative estimate of drug-likeness (QED) is 0.850. The van der Waals surface area contributed by atoms with Crippen LogP contribution in [0.1, 0.15) is 30.9 Å². The fourth-order valence-corrected chi connectivity index (χ4v) is 4.62. The number of thioether (sulfide) groups is 1. The summed E-state index contributed by atoms with van der Waals surface area (Å²) < 4.78 is 37.3. The first-order valence-electron chi connectivity index (χ1n) is 7.88. The van der Waals surface area contributed by atoms with Crippen molar-refractivity contribution in [1.29, 1.82) is 0 Å². The molecule has 1 saturated heterocycles. The van der Waals surface area contributed by atoms with Crippen molar-refractivity contribution in [3.8, 4) is 0 Å². The minimum atomic E-state index is -4.10. The molecule has 0 saturated carbocycles. The molecule has 1 aromatic rings. The zero-order chi connectivity index (χ0) is 16.4. The second-order valence-electron chi connectivity index (χ2n) is 6.20. The third-order valence-electron chi connectivity index (χ3n) is 4.44. The van der Waals surface area contributed by atoms with Crippen LogP contribution < -0.4 is 5.32 Å². The van der Waals surface area contributed by atoms with Crippen molar-refractivity contribution in [3.05, 3.63) is 28.8 Å². The summed E-state index contributed by atoms with van der Waals surface area (Å²) in [5.74, 6) is 1.05. The number of fused-ring (bicyclic) bond motifs is 1. The van der Waals surface area contributed by atoms with Crippen LogP contribution in [0.15, 0.2) is 23.1 Å². The van der Waals surface area contributed by atoms with E-state index >= 15 is 0 Å². The number of hydrogen-bond acceptors (Lipinski definition) is 3. The summed E-state index contributed by atoms with van der Waals surface area (Å²) in [7, 11) is 0. The topological polar surface area (TPSA) is 15.3 Å². The Bertz CT molecular complexity index is 545. The van der Waals surface area contributed by atoms with Gasteiger partial charge in [0.25, 0.3) is 0 Å². The van der Waals surface area contributed by atoms with Gasteiger partial charge in [-0.25, -0.2) is 0 Å². The number of benzene rings is 1. The number of halogens is 4. The van der Waals surface area contributed by atoms with Crippen LogP contribution in [0.25, 0.3) is 0 Å². The fraction of sp³-hybridized carbons (Fsp3) is 0.625. The van der Waals surface area contributed by atoms with E-state index in [1.54, 1.807) is 0 Å². The number of nitrogens with one attached hydrogen (secondary N) is 1. The molecule has 1 fully saturated rings. The van der Waals surface area contributed by atoms with Gasteiger partial charge in [-0.3, -0.25) is 4.90 Å². The highest BCUT2D eigenvalue weighted by Gasteiger charge is 2.33. The molecular formula is C16H20ClF3N2S. The molecular weight excluding hydrogens is 345 g/mol.